The van der Waals surface area contributed by atoms with Crippen LogP contribution < -0.4 is 10.6 Å². The number of nitrogens with one attached hydrogen (secondary N) is 2. The van der Waals surface area contributed by atoms with Gasteiger partial charge in [0.2, 0.25) is 5.95 Å². The van der Waals surface area contributed by atoms with Crippen LogP contribution in [0.5, 0.6) is 0 Å². The van der Waals surface area contributed by atoms with Crippen molar-refractivity contribution in [3.8, 4) is 11.3 Å². The Morgan fingerprint density at radius 2 is 1.83 bits per heavy atom. The molecule has 1 saturated heterocycles. The summed E-state index contributed by atoms with van der Waals surface area (Å²) in [6, 6.07) is 16.1. The largest absolute Gasteiger partial charge is 0.333 e. The molecule has 0 radical (unpaired) electrons. The number of halogens is 3. The summed E-state index contributed by atoms with van der Waals surface area (Å²) in [5.74, 6) is -1.09. The van der Waals surface area contributed by atoms with Crippen molar-refractivity contribution in [3.05, 3.63) is 106 Å². The number of carbonyl (C=O) groups is 1. The second-order valence-electron chi connectivity index (χ2n) is 9.77. The first-order valence-electron chi connectivity index (χ1n) is 12.9. The normalized spacial score (nSPS) is 16.0. The number of aliphatic imine (C=N–C) groups is 1. The summed E-state index contributed by atoms with van der Waals surface area (Å²) in [4.78, 5) is 28.6. The lowest BCUT2D eigenvalue weighted by Gasteiger charge is -2.34. The van der Waals surface area contributed by atoms with Crippen LogP contribution in [0.2, 0.25) is 5.02 Å². The third kappa shape index (κ3) is 5.55. The van der Waals surface area contributed by atoms with Crippen molar-refractivity contribution in [3.63, 3.8) is 0 Å². The maximum Gasteiger partial charge on any atom is 0.254 e. The third-order valence-corrected chi connectivity index (χ3v) is 7.35. The van der Waals surface area contributed by atoms with Crippen molar-refractivity contribution in [1.29, 1.82) is 0 Å². The molecule has 3 aromatic carbocycles. The SMILES string of the molecule is C.C[C@@H]1CNCCN1C(=O)c1ccc(Nc2ncc3c(n2)-c2ccc(Cl)cc2C(c2c(F)cccc2F)=NC3)cc1. The van der Waals surface area contributed by atoms with E-state index in [-0.39, 0.29) is 37.2 Å². The van der Waals surface area contributed by atoms with Crippen molar-refractivity contribution in [2.24, 2.45) is 4.99 Å². The standard InChI is InChI=1S/C30H25ClF2N6O.CH4/c1-17-14-34-11-12-39(17)29(40)18-5-8-21(9-6-18)37-30-36-16-19-15-35-28(26-24(32)3-2-4-25(26)33)23-13-20(31)7-10-22(23)27(19)38-30;/h2-10,13,16-17,34H,11-12,14-15H2,1H3,(H,36,37,38);1H4/t17-;/m1./s1. The molecule has 1 amide bonds. The molecule has 0 unspecified atom stereocenters. The van der Waals surface area contributed by atoms with E-state index < -0.39 is 11.6 Å². The highest BCUT2D eigenvalue weighted by Gasteiger charge is 2.26. The number of amides is 1. The summed E-state index contributed by atoms with van der Waals surface area (Å²) in [7, 11) is 0. The highest BCUT2D eigenvalue weighted by Crippen LogP contribution is 2.34. The Kier molecular flexibility index (Phi) is 8.10. The molecule has 2 N–H and O–H groups in total. The van der Waals surface area contributed by atoms with E-state index >= 15 is 0 Å². The lowest BCUT2D eigenvalue weighted by Crippen LogP contribution is -2.52. The van der Waals surface area contributed by atoms with Crippen LogP contribution in [0.4, 0.5) is 20.4 Å². The molecule has 0 aliphatic carbocycles. The van der Waals surface area contributed by atoms with Gasteiger partial charge < -0.3 is 15.5 Å². The van der Waals surface area contributed by atoms with Crippen LogP contribution in [-0.4, -0.2) is 52.2 Å². The predicted molar refractivity (Wildman–Crippen MR) is 158 cm³/mol. The third-order valence-electron chi connectivity index (χ3n) is 7.11. The molecule has 3 heterocycles. The average molecular weight is 575 g/mol. The second-order valence-corrected chi connectivity index (χ2v) is 10.2. The monoisotopic (exact) mass is 574 g/mol. The Bertz CT molecular complexity index is 1620. The van der Waals surface area contributed by atoms with Crippen LogP contribution in [0.1, 0.15) is 41.4 Å². The lowest BCUT2D eigenvalue weighted by atomic mass is 9.95. The molecular weight excluding hydrogens is 546 g/mol. The van der Waals surface area contributed by atoms with Crippen LogP contribution in [0.15, 0.2) is 71.9 Å². The molecule has 41 heavy (non-hydrogen) atoms. The molecule has 210 valence electrons. The number of piperazine rings is 1. The van der Waals surface area contributed by atoms with E-state index in [1.807, 2.05) is 24.0 Å². The Labute approximate surface area is 242 Å². The molecule has 1 atom stereocenters. The minimum Gasteiger partial charge on any atom is -0.333 e. The quantitative estimate of drug-likeness (QED) is 0.301. The fraction of sp³-hybridized carbons (Fsp3) is 0.226. The van der Waals surface area contributed by atoms with Gasteiger partial charge in [0, 0.05) is 64.8 Å². The van der Waals surface area contributed by atoms with Crippen molar-refractivity contribution in [2.75, 3.05) is 25.0 Å². The zero-order valence-electron chi connectivity index (χ0n) is 21.6. The van der Waals surface area contributed by atoms with E-state index in [1.165, 1.54) is 18.2 Å². The zero-order chi connectivity index (χ0) is 27.8. The van der Waals surface area contributed by atoms with Crippen molar-refractivity contribution >= 4 is 34.9 Å². The number of carbonyl (C=O) groups excluding carboxylic acids is 1. The molecule has 7 nitrogen and oxygen atoms in total. The van der Waals surface area contributed by atoms with Gasteiger partial charge in [-0.1, -0.05) is 31.2 Å². The Balaban J connectivity index is 0.00000337. The van der Waals surface area contributed by atoms with E-state index in [1.54, 1.807) is 36.5 Å². The van der Waals surface area contributed by atoms with Gasteiger partial charge in [-0.15, -0.1) is 0 Å². The van der Waals surface area contributed by atoms with Crippen molar-refractivity contribution in [1.82, 2.24) is 20.2 Å². The number of fused-ring (bicyclic) bond motifs is 3. The molecule has 0 saturated carbocycles. The number of benzene rings is 3. The summed E-state index contributed by atoms with van der Waals surface area (Å²) < 4.78 is 29.6. The smallest absolute Gasteiger partial charge is 0.254 e. The summed E-state index contributed by atoms with van der Waals surface area (Å²) in [6.07, 6.45) is 1.65. The van der Waals surface area contributed by atoms with Gasteiger partial charge in [-0.3, -0.25) is 9.79 Å². The number of anilines is 2. The average Bonchev–Trinajstić information content (AvgIpc) is 3.10. The fourth-order valence-corrected chi connectivity index (χ4v) is 5.23. The minimum absolute atomic E-state index is 0. The van der Waals surface area contributed by atoms with Crippen LogP contribution in [0, 0.1) is 11.6 Å². The molecule has 2 aliphatic rings. The number of hydrogen-bond acceptors (Lipinski definition) is 6. The first-order chi connectivity index (χ1) is 19.4. The van der Waals surface area contributed by atoms with Gasteiger partial charge in [0.05, 0.1) is 23.5 Å². The van der Waals surface area contributed by atoms with E-state index in [2.05, 4.69) is 20.6 Å². The highest BCUT2D eigenvalue weighted by molar-refractivity contribution is 6.31. The summed E-state index contributed by atoms with van der Waals surface area (Å²) >= 11 is 6.30. The lowest BCUT2D eigenvalue weighted by molar-refractivity contribution is 0.0656. The van der Waals surface area contributed by atoms with E-state index in [9.17, 15) is 13.6 Å². The highest BCUT2D eigenvalue weighted by atomic mass is 35.5. The van der Waals surface area contributed by atoms with Gasteiger partial charge in [-0.2, -0.15) is 0 Å². The number of nitrogens with zero attached hydrogens (tertiary/aromatic N) is 4. The number of aromatic nitrogens is 2. The van der Waals surface area contributed by atoms with E-state index in [4.69, 9.17) is 16.6 Å². The fourth-order valence-electron chi connectivity index (χ4n) is 5.06. The Morgan fingerprint density at radius 3 is 2.56 bits per heavy atom. The Hall–Kier alpha value is -4.21. The van der Waals surface area contributed by atoms with Crippen molar-refractivity contribution < 1.29 is 13.6 Å². The molecule has 0 bridgehead atoms. The summed E-state index contributed by atoms with van der Waals surface area (Å²) in [5, 5.41) is 6.89. The molecule has 1 aromatic heterocycles. The van der Waals surface area contributed by atoms with Gasteiger partial charge in [0.25, 0.3) is 5.91 Å². The van der Waals surface area contributed by atoms with Gasteiger partial charge >= 0.3 is 0 Å². The number of rotatable bonds is 4. The zero-order valence-corrected chi connectivity index (χ0v) is 22.3. The minimum atomic E-state index is -0.711. The van der Waals surface area contributed by atoms with Crippen LogP contribution in [-0.2, 0) is 6.54 Å². The predicted octanol–water partition coefficient (Wildman–Crippen LogP) is 6.24. The molecule has 6 rings (SSSR count). The van der Waals surface area contributed by atoms with E-state index in [0.29, 0.717) is 51.2 Å². The second kappa shape index (κ2) is 11.7. The van der Waals surface area contributed by atoms with E-state index in [0.717, 1.165) is 13.1 Å². The molecule has 0 spiro atoms. The maximum atomic E-state index is 14.8. The summed E-state index contributed by atoms with van der Waals surface area (Å²) in [5.41, 5.74) is 3.67. The van der Waals surface area contributed by atoms with Crippen LogP contribution in [0.3, 0.4) is 0 Å². The molecule has 1 fully saturated rings. The molecule has 4 aromatic rings. The van der Waals surface area contributed by atoms with Gasteiger partial charge in [-0.25, -0.2) is 18.7 Å². The van der Waals surface area contributed by atoms with Crippen LogP contribution >= 0.6 is 11.6 Å². The van der Waals surface area contributed by atoms with Gasteiger partial charge in [-0.05, 0) is 55.5 Å². The summed E-state index contributed by atoms with van der Waals surface area (Å²) in [6.45, 7) is 4.39. The van der Waals surface area contributed by atoms with Crippen molar-refractivity contribution in [2.45, 2.75) is 26.9 Å². The van der Waals surface area contributed by atoms with Crippen LogP contribution in [0.25, 0.3) is 11.3 Å². The Morgan fingerprint density at radius 1 is 1.07 bits per heavy atom. The van der Waals surface area contributed by atoms with Gasteiger partial charge in [0.1, 0.15) is 11.6 Å². The number of hydrogen-bond donors (Lipinski definition) is 2. The molecule has 10 heteroatoms. The van der Waals surface area contributed by atoms with Gasteiger partial charge in [0.15, 0.2) is 0 Å². The maximum absolute atomic E-state index is 14.8. The first kappa shape index (κ1) is 28.3. The topological polar surface area (TPSA) is 82.5 Å². The molecular formula is C31H29ClF2N6O. The molecule has 2 aliphatic heterocycles. The first-order valence-corrected chi connectivity index (χ1v) is 13.3.